The zero-order chi connectivity index (χ0) is 21.6. The van der Waals surface area contributed by atoms with Gasteiger partial charge in [0.05, 0.1) is 7.11 Å². The Labute approximate surface area is 177 Å². The van der Waals surface area contributed by atoms with Crippen molar-refractivity contribution in [2.75, 3.05) is 7.11 Å². The molecule has 0 aliphatic carbocycles. The van der Waals surface area contributed by atoms with E-state index in [2.05, 4.69) is 4.72 Å². The Morgan fingerprint density at radius 3 is 2.43 bits per heavy atom. The lowest BCUT2D eigenvalue weighted by atomic mass is 10.0. The van der Waals surface area contributed by atoms with Gasteiger partial charge in [0.2, 0.25) is 10.0 Å². The highest BCUT2D eigenvalue weighted by atomic mass is 32.2. The highest BCUT2D eigenvalue weighted by Crippen LogP contribution is 2.29. The van der Waals surface area contributed by atoms with Crippen molar-refractivity contribution < 1.29 is 17.9 Å². The van der Waals surface area contributed by atoms with Gasteiger partial charge >= 0.3 is 0 Å². The van der Waals surface area contributed by atoms with E-state index in [-0.39, 0.29) is 12.3 Å². The van der Waals surface area contributed by atoms with E-state index in [1.807, 2.05) is 36.4 Å². The molecule has 3 rings (SSSR count). The number of ether oxygens (including phenoxy) is 1. The number of rotatable bonds is 9. The lowest BCUT2D eigenvalue weighted by Gasteiger charge is -2.19. The molecule has 1 radical (unpaired) electrons. The molecule has 0 saturated heterocycles. The topological polar surface area (TPSA) is 72.5 Å². The highest BCUT2D eigenvalue weighted by Gasteiger charge is 2.27. The van der Waals surface area contributed by atoms with E-state index < -0.39 is 15.3 Å². The minimum absolute atomic E-state index is 0.0618. The summed E-state index contributed by atoms with van der Waals surface area (Å²) in [6, 6.07) is 23.3. The Morgan fingerprint density at radius 2 is 1.73 bits per heavy atom. The van der Waals surface area contributed by atoms with E-state index in [9.17, 15) is 13.2 Å². The molecule has 0 fully saturated rings. The summed E-state index contributed by atoms with van der Waals surface area (Å²) in [5.41, 5.74) is 2.67. The second-order valence-electron chi connectivity index (χ2n) is 6.90. The predicted octanol–water partition coefficient (Wildman–Crippen LogP) is 4.31. The summed E-state index contributed by atoms with van der Waals surface area (Å²) >= 11 is 0. The van der Waals surface area contributed by atoms with Crippen molar-refractivity contribution >= 4 is 15.8 Å². The molecule has 0 spiro atoms. The van der Waals surface area contributed by atoms with Crippen LogP contribution in [0.4, 0.5) is 0 Å². The zero-order valence-electron chi connectivity index (χ0n) is 16.9. The Kier molecular flexibility index (Phi) is 7.03. The van der Waals surface area contributed by atoms with Crippen molar-refractivity contribution in [3.63, 3.8) is 0 Å². The van der Waals surface area contributed by atoms with Gasteiger partial charge in [0.1, 0.15) is 11.0 Å². The molecule has 0 aliphatic rings. The van der Waals surface area contributed by atoms with Crippen molar-refractivity contribution in [1.82, 2.24) is 4.72 Å². The lowest BCUT2D eigenvalue weighted by molar-refractivity contribution is 0.101. The maximum atomic E-state index is 13.2. The van der Waals surface area contributed by atoms with Crippen LogP contribution in [-0.2, 0) is 16.6 Å². The van der Waals surface area contributed by atoms with E-state index in [0.717, 1.165) is 11.1 Å². The molecule has 1 N–H and O–H groups in total. The van der Waals surface area contributed by atoms with Crippen LogP contribution in [-0.4, -0.2) is 21.3 Å². The van der Waals surface area contributed by atoms with Crippen molar-refractivity contribution in [2.24, 2.45) is 0 Å². The average molecular weight is 423 g/mol. The molecule has 3 aromatic rings. The Morgan fingerprint density at radius 1 is 1.00 bits per heavy atom. The summed E-state index contributed by atoms with van der Waals surface area (Å²) in [4.78, 5) is 11.6. The first-order valence-electron chi connectivity index (χ1n) is 9.51. The van der Waals surface area contributed by atoms with E-state index in [1.54, 1.807) is 56.0 Å². The smallest absolute Gasteiger partial charge is 0.219 e. The molecule has 155 valence electrons. The Balaban J connectivity index is 1.86. The van der Waals surface area contributed by atoms with Crippen LogP contribution in [0.3, 0.4) is 0 Å². The van der Waals surface area contributed by atoms with Gasteiger partial charge in [-0.25, -0.2) is 13.1 Å². The van der Waals surface area contributed by atoms with Gasteiger partial charge in [-0.15, -0.1) is 0 Å². The molecule has 3 aromatic carbocycles. The fourth-order valence-electron chi connectivity index (χ4n) is 3.10. The first-order chi connectivity index (χ1) is 14.4. The Bertz CT molecular complexity index is 1110. The van der Waals surface area contributed by atoms with E-state index in [0.29, 0.717) is 16.9 Å². The molecular weight excluding hydrogens is 398 g/mol. The maximum Gasteiger partial charge on any atom is 0.219 e. The van der Waals surface area contributed by atoms with Gasteiger partial charge in [-0.05, 0) is 41.8 Å². The number of benzene rings is 3. The van der Waals surface area contributed by atoms with Crippen LogP contribution in [0.15, 0.2) is 78.9 Å². The van der Waals surface area contributed by atoms with Crippen LogP contribution >= 0.6 is 0 Å². The number of carbonyl (C=O) groups is 1. The maximum absolute atomic E-state index is 13.2. The number of hydrogen-bond acceptors (Lipinski definition) is 4. The van der Waals surface area contributed by atoms with Crippen LogP contribution in [0.5, 0.6) is 5.75 Å². The molecule has 5 nitrogen and oxygen atoms in total. The van der Waals surface area contributed by atoms with Gasteiger partial charge in [-0.2, -0.15) is 0 Å². The van der Waals surface area contributed by atoms with Crippen molar-refractivity contribution in [2.45, 2.75) is 18.7 Å². The third kappa shape index (κ3) is 5.55. The van der Waals surface area contributed by atoms with Crippen LogP contribution in [0.1, 0.15) is 39.2 Å². The van der Waals surface area contributed by atoms with Crippen LogP contribution < -0.4 is 9.46 Å². The monoisotopic (exact) mass is 422 g/mol. The lowest BCUT2D eigenvalue weighted by Crippen LogP contribution is -2.29. The highest BCUT2D eigenvalue weighted by molar-refractivity contribution is 7.89. The van der Waals surface area contributed by atoms with Crippen molar-refractivity contribution in [1.29, 1.82) is 0 Å². The SMILES string of the molecule is COc1cccc([CH]C(c2ccccc2)S(=O)(=O)NCc2cccc(C(C)=O)c2)c1. The van der Waals surface area contributed by atoms with Gasteiger partial charge in [-0.3, -0.25) is 4.79 Å². The number of methoxy groups -OCH3 is 1. The van der Waals surface area contributed by atoms with E-state index >= 15 is 0 Å². The quantitative estimate of drug-likeness (QED) is 0.522. The summed E-state index contributed by atoms with van der Waals surface area (Å²) in [6.07, 6.45) is 1.70. The molecule has 1 atom stereocenters. The molecule has 0 aromatic heterocycles. The molecule has 1 unspecified atom stereocenters. The molecule has 0 aliphatic heterocycles. The molecular formula is C24H24NO4S. The van der Waals surface area contributed by atoms with E-state index in [4.69, 9.17) is 4.74 Å². The first kappa shape index (κ1) is 21.7. The number of Topliss-reactive ketones (excluding diaryl/α,β-unsaturated/α-hetero) is 1. The number of nitrogens with one attached hydrogen (secondary N) is 1. The molecule has 0 heterocycles. The van der Waals surface area contributed by atoms with E-state index in [1.165, 1.54) is 6.92 Å². The minimum atomic E-state index is -3.76. The second kappa shape index (κ2) is 9.69. The standard InChI is InChI=1S/C24H24NO4S/c1-18(26)22-12-6-9-20(14-22)17-25-30(27,28)24(21-10-4-3-5-11-21)16-19-8-7-13-23(15-19)29-2/h3-16,24-25H,17H2,1-2H3. The largest absolute Gasteiger partial charge is 0.497 e. The summed E-state index contributed by atoms with van der Waals surface area (Å²) in [7, 11) is -2.19. The summed E-state index contributed by atoms with van der Waals surface area (Å²) in [5, 5.41) is -0.887. The fraction of sp³-hybridized carbons (Fsp3) is 0.167. The van der Waals surface area contributed by atoms with Crippen LogP contribution in [0.25, 0.3) is 0 Å². The van der Waals surface area contributed by atoms with Gasteiger partial charge in [0, 0.05) is 18.5 Å². The van der Waals surface area contributed by atoms with Gasteiger partial charge in [0.25, 0.3) is 0 Å². The predicted molar refractivity (Wildman–Crippen MR) is 118 cm³/mol. The number of ketones is 1. The average Bonchev–Trinajstić information content (AvgIpc) is 2.77. The normalized spacial score (nSPS) is 12.3. The van der Waals surface area contributed by atoms with Crippen molar-refractivity contribution in [3.05, 3.63) is 108 Å². The number of hydrogen-bond donors (Lipinski definition) is 1. The summed E-state index contributed by atoms with van der Waals surface area (Å²) in [5.74, 6) is 0.593. The molecule has 30 heavy (non-hydrogen) atoms. The summed E-state index contributed by atoms with van der Waals surface area (Å²) < 4.78 is 34.4. The van der Waals surface area contributed by atoms with Crippen LogP contribution in [0, 0.1) is 6.42 Å². The first-order valence-corrected chi connectivity index (χ1v) is 11.1. The van der Waals surface area contributed by atoms with Crippen molar-refractivity contribution in [3.8, 4) is 5.75 Å². The minimum Gasteiger partial charge on any atom is -0.497 e. The number of sulfonamides is 1. The van der Waals surface area contributed by atoms with Gasteiger partial charge in [-0.1, -0.05) is 60.7 Å². The summed E-state index contributed by atoms with van der Waals surface area (Å²) in [6.45, 7) is 1.58. The van der Waals surface area contributed by atoms with Crippen LogP contribution in [0.2, 0.25) is 0 Å². The molecule has 6 heteroatoms. The fourth-order valence-corrected chi connectivity index (χ4v) is 4.50. The second-order valence-corrected chi connectivity index (χ2v) is 8.78. The molecule has 0 saturated carbocycles. The Hall–Kier alpha value is -2.96. The van der Waals surface area contributed by atoms with Gasteiger partial charge in [0.15, 0.2) is 5.78 Å². The molecule has 0 bridgehead atoms. The third-order valence-corrected chi connectivity index (χ3v) is 6.33. The molecule has 0 amide bonds. The number of carbonyl (C=O) groups excluding carboxylic acids is 1. The zero-order valence-corrected chi connectivity index (χ0v) is 17.7. The third-order valence-electron chi connectivity index (χ3n) is 4.71. The van der Waals surface area contributed by atoms with Gasteiger partial charge < -0.3 is 4.74 Å².